The standard InChI is InChI=1S/C22H25N3O2S/c1-13(19(26)14-8-6-5-7-9-14)25-21(27)18-16-11-10-15(22(2,3)4)12-17(16)28-20(18)23-24-25/h5-9,13,15H,10-12H2,1-4H3/t13-,15+/m0/s1. The average molecular weight is 396 g/mol. The van der Waals surface area contributed by atoms with E-state index in [2.05, 4.69) is 31.1 Å². The molecule has 0 aliphatic heterocycles. The van der Waals surface area contributed by atoms with Crippen LogP contribution in [0.1, 0.15) is 61.0 Å². The molecule has 3 aromatic rings. The van der Waals surface area contributed by atoms with Crippen LogP contribution in [0.2, 0.25) is 0 Å². The molecule has 0 fully saturated rings. The van der Waals surface area contributed by atoms with Crippen molar-refractivity contribution in [3.8, 4) is 0 Å². The predicted molar refractivity (Wildman–Crippen MR) is 112 cm³/mol. The number of Topliss-reactive ketones (excluding diaryl/α,β-unsaturated/α-hetero) is 1. The molecule has 28 heavy (non-hydrogen) atoms. The first-order valence-corrected chi connectivity index (χ1v) is 10.6. The van der Waals surface area contributed by atoms with Crippen molar-refractivity contribution < 1.29 is 4.79 Å². The number of thiophene rings is 1. The van der Waals surface area contributed by atoms with Crippen LogP contribution in [0.15, 0.2) is 35.1 Å². The van der Waals surface area contributed by atoms with Crippen molar-refractivity contribution >= 4 is 27.3 Å². The summed E-state index contributed by atoms with van der Waals surface area (Å²) in [7, 11) is 0. The first kappa shape index (κ1) is 19.0. The third-order valence-electron chi connectivity index (χ3n) is 5.93. The minimum absolute atomic E-state index is 0.131. The number of nitrogens with zero attached hydrogens (tertiary/aromatic N) is 3. The van der Waals surface area contributed by atoms with Gasteiger partial charge in [-0.1, -0.05) is 56.3 Å². The van der Waals surface area contributed by atoms with Gasteiger partial charge >= 0.3 is 0 Å². The monoisotopic (exact) mass is 395 g/mol. The highest BCUT2D eigenvalue weighted by Gasteiger charge is 2.32. The van der Waals surface area contributed by atoms with Gasteiger partial charge in [-0.2, -0.15) is 4.68 Å². The Morgan fingerprint density at radius 3 is 2.64 bits per heavy atom. The Bertz CT molecular complexity index is 1090. The fourth-order valence-corrected chi connectivity index (χ4v) is 5.29. The molecule has 2 heterocycles. The summed E-state index contributed by atoms with van der Waals surface area (Å²) in [6, 6.07) is 8.33. The van der Waals surface area contributed by atoms with Crippen LogP contribution >= 0.6 is 11.3 Å². The van der Waals surface area contributed by atoms with E-state index in [1.54, 1.807) is 30.4 Å². The summed E-state index contributed by atoms with van der Waals surface area (Å²) < 4.78 is 1.25. The van der Waals surface area contributed by atoms with E-state index < -0.39 is 6.04 Å². The lowest BCUT2D eigenvalue weighted by molar-refractivity contribution is 0.0923. The average Bonchev–Trinajstić information content (AvgIpc) is 3.05. The molecule has 146 valence electrons. The molecule has 0 saturated heterocycles. The Kier molecular flexibility index (Phi) is 4.70. The molecule has 6 heteroatoms. The summed E-state index contributed by atoms with van der Waals surface area (Å²) in [5.41, 5.74) is 1.74. The second kappa shape index (κ2) is 6.92. The van der Waals surface area contributed by atoms with Crippen molar-refractivity contribution in [1.82, 2.24) is 15.0 Å². The molecule has 2 aromatic heterocycles. The smallest absolute Gasteiger partial charge is 0.279 e. The first-order valence-electron chi connectivity index (χ1n) is 9.76. The third-order valence-corrected chi connectivity index (χ3v) is 7.07. The van der Waals surface area contributed by atoms with Gasteiger partial charge in [0.05, 0.1) is 5.39 Å². The van der Waals surface area contributed by atoms with Gasteiger partial charge in [-0.15, -0.1) is 16.4 Å². The van der Waals surface area contributed by atoms with E-state index in [1.807, 2.05) is 18.2 Å². The van der Waals surface area contributed by atoms with Crippen LogP contribution in [-0.4, -0.2) is 20.8 Å². The second-order valence-corrected chi connectivity index (χ2v) is 9.82. The maximum absolute atomic E-state index is 13.2. The predicted octanol–water partition coefficient (Wildman–Crippen LogP) is 4.45. The Morgan fingerprint density at radius 2 is 1.96 bits per heavy atom. The third kappa shape index (κ3) is 3.20. The SMILES string of the molecule is C[C@@H](C(=O)c1ccccc1)n1nnc2sc3c(c2c1=O)CC[C@@H](C(C)(C)C)C3. The maximum atomic E-state index is 13.2. The van der Waals surface area contributed by atoms with E-state index in [0.717, 1.165) is 24.8 Å². The fraction of sp³-hybridized carbons (Fsp3) is 0.455. The van der Waals surface area contributed by atoms with Crippen LogP contribution in [0.3, 0.4) is 0 Å². The highest BCUT2D eigenvalue weighted by molar-refractivity contribution is 7.18. The van der Waals surface area contributed by atoms with E-state index in [1.165, 1.54) is 9.56 Å². The zero-order chi connectivity index (χ0) is 20.1. The van der Waals surface area contributed by atoms with Crippen LogP contribution in [-0.2, 0) is 12.8 Å². The number of aryl methyl sites for hydroxylation is 1. The molecule has 1 aliphatic carbocycles. The number of benzene rings is 1. The van der Waals surface area contributed by atoms with E-state index in [-0.39, 0.29) is 16.8 Å². The van der Waals surface area contributed by atoms with Gasteiger partial charge in [0.25, 0.3) is 5.56 Å². The molecule has 0 spiro atoms. The van der Waals surface area contributed by atoms with Crippen molar-refractivity contribution in [2.75, 3.05) is 0 Å². The van der Waals surface area contributed by atoms with Gasteiger partial charge in [0.2, 0.25) is 0 Å². The normalized spacial score (nSPS) is 18.1. The van der Waals surface area contributed by atoms with Gasteiger partial charge in [0, 0.05) is 10.4 Å². The van der Waals surface area contributed by atoms with E-state index in [9.17, 15) is 9.59 Å². The first-order chi connectivity index (χ1) is 13.3. The lowest BCUT2D eigenvalue weighted by Crippen LogP contribution is -2.32. The van der Waals surface area contributed by atoms with Crippen LogP contribution < -0.4 is 5.56 Å². The minimum Gasteiger partial charge on any atom is -0.292 e. The molecule has 0 N–H and O–H groups in total. The highest BCUT2D eigenvalue weighted by atomic mass is 32.1. The number of rotatable bonds is 3. The number of carbonyl (C=O) groups excluding carboxylic acids is 1. The van der Waals surface area contributed by atoms with Crippen LogP contribution in [0.25, 0.3) is 10.2 Å². The molecular formula is C22H25N3O2S. The highest BCUT2D eigenvalue weighted by Crippen LogP contribution is 2.41. The lowest BCUT2D eigenvalue weighted by Gasteiger charge is -2.33. The van der Waals surface area contributed by atoms with Gasteiger partial charge < -0.3 is 0 Å². The van der Waals surface area contributed by atoms with E-state index >= 15 is 0 Å². The molecule has 5 nitrogen and oxygen atoms in total. The zero-order valence-corrected chi connectivity index (χ0v) is 17.5. The van der Waals surface area contributed by atoms with Crippen LogP contribution in [0.5, 0.6) is 0 Å². The van der Waals surface area contributed by atoms with Crippen molar-refractivity contribution in [2.45, 2.75) is 53.0 Å². The topological polar surface area (TPSA) is 64.8 Å². The Morgan fingerprint density at radius 1 is 1.25 bits per heavy atom. The molecular weight excluding hydrogens is 370 g/mol. The second-order valence-electron chi connectivity index (χ2n) is 8.74. The van der Waals surface area contributed by atoms with Crippen molar-refractivity contribution in [3.63, 3.8) is 0 Å². The number of fused-ring (bicyclic) bond motifs is 3. The van der Waals surface area contributed by atoms with Gasteiger partial charge in [-0.25, -0.2) is 0 Å². The molecule has 2 atom stereocenters. The molecule has 0 unspecified atom stereocenters. The van der Waals surface area contributed by atoms with Gasteiger partial charge in [0.15, 0.2) is 10.6 Å². The largest absolute Gasteiger partial charge is 0.292 e. The Labute approximate surface area is 168 Å². The lowest BCUT2D eigenvalue weighted by atomic mass is 9.72. The van der Waals surface area contributed by atoms with Crippen molar-refractivity contribution in [1.29, 1.82) is 0 Å². The maximum Gasteiger partial charge on any atom is 0.279 e. The van der Waals surface area contributed by atoms with Crippen molar-refractivity contribution in [3.05, 3.63) is 56.7 Å². The van der Waals surface area contributed by atoms with Gasteiger partial charge in [-0.05, 0) is 43.1 Å². The summed E-state index contributed by atoms with van der Waals surface area (Å²) in [5, 5.41) is 9.08. The quantitative estimate of drug-likeness (QED) is 0.615. The summed E-state index contributed by atoms with van der Waals surface area (Å²) in [4.78, 5) is 28.0. The van der Waals surface area contributed by atoms with Crippen LogP contribution in [0.4, 0.5) is 0 Å². The summed E-state index contributed by atoms with van der Waals surface area (Å²) >= 11 is 1.59. The molecule has 1 aliphatic rings. The number of hydrogen-bond acceptors (Lipinski definition) is 5. The molecule has 1 aromatic carbocycles. The van der Waals surface area contributed by atoms with Crippen LogP contribution in [0, 0.1) is 11.3 Å². The van der Waals surface area contributed by atoms with Crippen molar-refractivity contribution in [2.24, 2.45) is 11.3 Å². The molecule has 0 radical (unpaired) electrons. The Balaban J connectivity index is 1.74. The minimum atomic E-state index is -0.687. The Hall–Kier alpha value is -2.34. The van der Waals surface area contributed by atoms with E-state index in [0.29, 0.717) is 21.7 Å². The summed E-state index contributed by atoms with van der Waals surface area (Å²) in [6.45, 7) is 8.55. The number of carbonyl (C=O) groups is 1. The van der Waals surface area contributed by atoms with E-state index in [4.69, 9.17) is 0 Å². The van der Waals surface area contributed by atoms with Gasteiger partial charge in [0.1, 0.15) is 6.04 Å². The molecule has 0 bridgehead atoms. The zero-order valence-electron chi connectivity index (χ0n) is 16.7. The molecule has 0 saturated carbocycles. The summed E-state index contributed by atoms with van der Waals surface area (Å²) in [6.07, 6.45) is 2.94. The molecule has 4 rings (SSSR count). The molecule has 0 amide bonds. The number of hydrogen-bond donors (Lipinski definition) is 0. The van der Waals surface area contributed by atoms with Gasteiger partial charge in [-0.3, -0.25) is 9.59 Å². The summed E-state index contributed by atoms with van der Waals surface area (Å²) in [5.74, 6) is 0.468. The number of aromatic nitrogens is 3. The number of ketones is 1. The fourth-order valence-electron chi connectivity index (χ4n) is 4.05.